The van der Waals surface area contributed by atoms with Gasteiger partial charge in [0, 0.05) is 0 Å². The third-order valence-electron chi connectivity index (χ3n) is 2.84. The molecule has 1 N–H and O–H groups in total. The Morgan fingerprint density at radius 1 is 1.40 bits per heavy atom. The first kappa shape index (κ1) is 16.4. The van der Waals surface area contributed by atoms with Crippen LogP contribution in [0.3, 0.4) is 0 Å². The summed E-state index contributed by atoms with van der Waals surface area (Å²) in [6.07, 6.45) is 0.321. The number of esters is 1. The summed E-state index contributed by atoms with van der Waals surface area (Å²) >= 11 is 0. The Morgan fingerprint density at radius 3 is 2.50 bits per heavy atom. The quantitative estimate of drug-likeness (QED) is 0.847. The number of hydrogen-bond acceptors (Lipinski definition) is 4. The van der Waals surface area contributed by atoms with Gasteiger partial charge in [-0.1, -0.05) is 6.92 Å². The van der Waals surface area contributed by atoms with Crippen molar-refractivity contribution in [2.24, 2.45) is 0 Å². The normalized spacial score (nSPS) is 12.8. The van der Waals surface area contributed by atoms with E-state index in [0.29, 0.717) is 6.42 Å². The second-order valence-electron chi connectivity index (χ2n) is 4.14. The highest BCUT2D eigenvalue weighted by molar-refractivity contribution is 7.93. The lowest BCUT2D eigenvalue weighted by Gasteiger charge is -2.14. The van der Waals surface area contributed by atoms with Gasteiger partial charge in [0.15, 0.2) is 5.82 Å². The van der Waals surface area contributed by atoms with E-state index in [1.807, 2.05) is 4.72 Å². The first-order chi connectivity index (χ1) is 9.24. The lowest BCUT2D eigenvalue weighted by atomic mass is 10.2. The predicted molar refractivity (Wildman–Crippen MR) is 70.0 cm³/mol. The maximum atomic E-state index is 14.0. The Labute approximate surface area is 116 Å². The van der Waals surface area contributed by atoms with Gasteiger partial charge >= 0.3 is 5.97 Å². The first-order valence-corrected chi connectivity index (χ1v) is 7.37. The van der Waals surface area contributed by atoms with Crippen LogP contribution in [0.25, 0.3) is 0 Å². The molecule has 20 heavy (non-hydrogen) atoms. The highest BCUT2D eigenvalue weighted by Gasteiger charge is 2.25. The van der Waals surface area contributed by atoms with Gasteiger partial charge < -0.3 is 4.74 Å². The number of benzene rings is 1. The van der Waals surface area contributed by atoms with E-state index >= 15 is 0 Å². The molecule has 0 fully saturated rings. The number of halogens is 2. The zero-order valence-corrected chi connectivity index (χ0v) is 12.1. The fourth-order valence-electron chi connectivity index (χ4n) is 1.39. The van der Waals surface area contributed by atoms with Crippen LogP contribution in [0.15, 0.2) is 12.1 Å². The molecule has 0 saturated carbocycles. The molecule has 112 valence electrons. The van der Waals surface area contributed by atoms with Crippen LogP contribution in [-0.4, -0.2) is 26.7 Å². The van der Waals surface area contributed by atoms with Crippen LogP contribution >= 0.6 is 0 Å². The van der Waals surface area contributed by atoms with Gasteiger partial charge in [-0.3, -0.25) is 4.72 Å². The fraction of sp³-hybridized carbons (Fsp3) is 0.417. The number of sulfonamides is 1. The molecule has 0 aromatic heterocycles. The van der Waals surface area contributed by atoms with E-state index in [0.717, 1.165) is 19.2 Å². The van der Waals surface area contributed by atoms with Gasteiger partial charge in [-0.2, -0.15) is 0 Å². The van der Waals surface area contributed by atoms with Crippen LogP contribution in [0.4, 0.5) is 14.5 Å². The highest BCUT2D eigenvalue weighted by atomic mass is 32.2. The standard InChI is InChI=1S/C12H15F2NO4S/c1-4-7(2)20(17,18)15-9-6-5-8(13)10(11(9)14)12(16)19-3/h5-7,15H,4H2,1-3H3. The topological polar surface area (TPSA) is 72.5 Å². The molecular formula is C12H15F2NO4S. The van der Waals surface area contributed by atoms with Crippen LogP contribution in [-0.2, 0) is 14.8 Å². The number of rotatable bonds is 5. The molecule has 1 unspecified atom stereocenters. The first-order valence-electron chi connectivity index (χ1n) is 5.82. The lowest BCUT2D eigenvalue weighted by Crippen LogP contribution is -2.25. The molecular weight excluding hydrogens is 292 g/mol. The summed E-state index contributed by atoms with van der Waals surface area (Å²) in [5.41, 5.74) is -1.43. The van der Waals surface area contributed by atoms with Crippen molar-refractivity contribution < 1.29 is 26.7 Å². The van der Waals surface area contributed by atoms with E-state index in [9.17, 15) is 22.0 Å². The van der Waals surface area contributed by atoms with Gasteiger partial charge in [-0.15, -0.1) is 0 Å². The summed E-state index contributed by atoms with van der Waals surface area (Å²) in [6.45, 7) is 3.11. The van der Waals surface area contributed by atoms with Gasteiger partial charge in [-0.25, -0.2) is 22.0 Å². The summed E-state index contributed by atoms with van der Waals surface area (Å²) in [6, 6.07) is 1.71. The molecule has 5 nitrogen and oxygen atoms in total. The van der Waals surface area contributed by atoms with Gasteiger partial charge in [-0.05, 0) is 25.5 Å². The molecule has 1 atom stereocenters. The Kier molecular flexibility index (Phi) is 5.04. The van der Waals surface area contributed by atoms with Crippen molar-refractivity contribution in [1.82, 2.24) is 0 Å². The Hall–Kier alpha value is -1.70. The molecule has 0 radical (unpaired) electrons. The van der Waals surface area contributed by atoms with Crippen LogP contribution in [0, 0.1) is 11.6 Å². The second-order valence-corrected chi connectivity index (χ2v) is 6.24. The van der Waals surface area contributed by atoms with E-state index in [2.05, 4.69) is 4.74 Å². The van der Waals surface area contributed by atoms with Crippen LogP contribution in [0.5, 0.6) is 0 Å². The molecule has 1 rings (SSSR count). The second kappa shape index (κ2) is 6.17. The molecule has 0 heterocycles. The van der Waals surface area contributed by atoms with Crippen molar-refractivity contribution in [2.75, 3.05) is 11.8 Å². The van der Waals surface area contributed by atoms with Crippen molar-refractivity contribution in [3.8, 4) is 0 Å². The van der Waals surface area contributed by atoms with Crippen molar-refractivity contribution in [3.63, 3.8) is 0 Å². The average Bonchev–Trinajstić information content (AvgIpc) is 2.40. The van der Waals surface area contributed by atoms with E-state index in [4.69, 9.17) is 0 Å². The molecule has 1 aromatic carbocycles. The number of methoxy groups -OCH3 is 1. The number of hydrogen-bond donors (Lipinski definition) is 1. The Bertz CT molecular complexity index is 616. The molecule has 8 heteroatoms. The molecule has 0 spiro atoms. The largest absolute Gasteiger partial charge is 0.465 e. The number of anilines is 1. The van der Waals surface area contributed by atoms with E-state index in [1.54, 1.807) is 6.92 Å². The minimum atomic E-state index is -3.81. The summed E-state index contributed by atoms with van der Waals surface area (Å²) in [5, 5.41) is -0.756. The Morgan fingerprint density at radius 2 is 2.00 bits per heavy atom. The van der Waals surface area contributed by atoms with Crippen molar-refractivity contribution in [3.05, 3.63) is 29.3 Å². The molecule has 0 aliphatic carbocycles. The zero-order chi connectivity index (χ0) is 15.5. The monoisotopic (exact) mass is 307 g/mol. The van der Waals surface area contributed by atoms with Crippen LogP contribution in [0.2, 0.25) is 0 Å². The maximum Gasteiger partial charge on any atom is 0.343 e. The summed E-state index contributed by atoms with van der Waals surface area (Å²) < 4.78 is 57.3. The predicted octanol–water partition coefficient (Wildman–Crippen LogP) is 2.29. The SMILES string of the molecule is CCC(C)S(=O)(=O)Nc1ccc(F)c(C(=O)OC)c1F. The summed E-state index contributed by atoms with van der Waals surface area (Å²) in [4.78, 5) is 11.3. The third kappa shape index (κ3) is 3.24. The Balaban J connectivity index is 3.26. The maximum absolute atomic E-state index is 14.0. The molecule has 0 aliphatic heterocycles. The van der Waals surface area contributed by atoms with Gasteiger partial charge in [0.2, 0.25) is 10.0 Å². The van der Waals surface area contributed by atoms with E-state index < -0.39 is 44.1 Å². The lowest BCUT2D eigenvalue weighted by molar-refractivity contribution is 0.0590. The summed E-state index contributed by atoms with van der Waals surface area (Å²) in [5.74, 6) is -3.64. The average molecular weight is 307 g/mol. The van der Waals surface area contributed by atoms with Gasteiger partial charge in [0.1, 0.15) is 11.4 Å². The number of carbonyl (C=O) groups is 1. The minimum absolute atomic E-state index is 0.321. The fourth-order valence-corrected chi connectivity index (χ4v) is 2.50. The smallest absolute Gasteiger partial charge is 0.343 e. The molecule has 1 aromatic rings. The van der Waals surface area contributed by atoms with Crippen molar-refractivity contribution >= 4 is 21.7 Å². The summed E-state index contributed by atoms with van der Waals surface area (Å²) in [7, 11) is -2.84. The van der Waals surface area contributed by atoms with Crippen LogP contribution in [0.1, 0.15) is 30.6 Å². The molecule has 0 amide bonds. The van der Waals surface area contributed by atoms with Crippen molar-refractivity contribution in [2.45, 2.75) is 25.5 Å². The molecule has 0 saturated heterocycles. The third-order valence-corrected chi connectivity index (χ3v) is 4.73. The minimum Gasteiger partial charge on any atom is -0.465 e. The number of nitrogens with one attached hydrogen (secondary N) is 1. The molecule has 0 aliphatic rings. The molecule has 0 bridgehead atoms. The number of ether oxygens (including phenoxy) is 1. The van der Waals surface area contributed by atoms with E-state index in [-0.39, 0.29) is 0 Å². The van der Waals surface area contributed by atoms with Gasteiger partial charge in [0.25, 0.3) is 0 Å². The number of carbonyl (C=O) groups excluding carboxylic acids is 1. The van der Waals surface area contributed by atoms with E-state index in [1.165, 1.54) is 6.92 Å². The zero-order valence-electron chi connectivity index (χ0n) is 11.2. The van der Waals surface area contributed by atoms with Gasteiger partial charge in [0.05, 0.1) is 18.0 Å². The van der Waals surface area contributed by atoms with Crippen LogP contribution < -0.4 is 4.72 Å². The highest BCUT2D eigenvalue weighted by Crippen LogP contribution is 2.24. The van der Waals surface area contributed by atoms with Crippen molar-refractivity contribution in [1.29, 1.82) is 0 Å².